The molecule has 0 radical (unpaired) electrons. The van der Waals surface area contributed by atoms with Gasteiger partial charge in [0.05, 0.1) is 19.3 Å². The smallest absolute Gasteiger partial charge is 0.263 e. The molecule has 28 heavy (non-hydrogen) atoms. The highest BCUT2D eigenvalue weighted by Gasteiger charge is 2.24. The van der Waals surface area contributed by atoms with Crippen molar-refractivity contribution in [2.24, 2.45) is 0 Å². The Morgan fingerprint density at radius 2 is 1.82 bits per heavy atom. The number of benzene rings is 2. The molecule has 0 aliphatic rings. The van der Waals surface area contributed by atoms with Gasteiger partial charge in [0.2, 0.25) is 5.91 Å². The molecule has 2 amide bonds. The highest BCUT2D eigenvalue weighted by Crippen LogP contribution is 2.23. The molecule has 0 spiro atoms. The minimum absolute atomic E-state index is 0.0704. The van der Waals surface area contributed by atoms with Gasteiger partial charge in [0, 0.05) is 11.6 Å². The number of halogens is 1. The lowest BCUT2D eigenvalue weighted by Gasteiger charge is -2.25. The number of carbonyl (C=O) groups is 2. The van der Waals surface area contributed by atoms with E-state index in [2.05, 4.69) is 5.32 Å². The van der Waals surface area contributed by atoms with E-state index in [0.29, 0.717) is 28.8 Å². The molecule has 1 N–H and O–H groups in total. The first-order valence-electron chi connectivity index (χ1n) is 9.08. The number of amides is 2. The van der Waals surface area contributed by atoms with E-state index in [1.165, 1.54) is 12.0 Å². The molecule has 0 aliphatic heterocycles. The summed E-state index contributed by atoms with van der Waals surface area (Å²) in [6.07, 6.45) is -0.00627. The molecule has 0 saturated carbocycles. The molecule has 0 bridgehead atoms. The molecule has 0 aromatic heterocycles. The minimum atomic E-state index is -0.730. The second-order valence-electron chi connectivity index (χ2n) is 6.22. The van der Waals surface area contributed by atoms with Crippen LogP contribution >= 0.6 is 11.6 Å². The molecular formula is C21H25ClN2O4. The molecule has 150 valence electrons. The van der Waals surface area contributed by atoms with E-state index >= 15 is 0 Å². The van der Waals surface area contributed by atoms with Gasteiger partial charge < -0.3 is 19.7 Å². The average molecular weight is 405 g/mol. The number of anilines is 1. The van der Waals surface area contributed by atoms with Gasteiger partial charge in [-0.3, -0.25) is 9.59 Å². The number of para-hydroxylation sites is 2. The number of hydrogen-bond acceptors (Lipinski definition) is 4. The second kappa shape index (κ2) is 10.6. The fraction of sp³-hybridized carbons (Fsp3) is 0.333. The van der Waals surface area contributed by atoms with Crippen LogP contribution in [0.2, 0.25) is 5.02 Å². The second-order valence-corrected chi connectivity index (χ2v) is 6.66. The summed E-state index contributed by atoms with van der Waals surface area (Å²) >= 11 is 5.86. The molecule has 0 fully saturated rings. The van der Waals surface area contributed by atoms with Crippen molar-refractivity contribution in [2.45, 2.75) is 26.4 Å². The summed E-state index contributed by atoms with van der Waals surface area (Å²) in [6.45, 7) is 3.99. The largest absolute Gasteiger partial charge is 0.495 e. The quantitative estimate of drug-likeness (QED) is 0.686. The summed E-state index contributed by atoms with van der Waals surface area (Å²) in [6, 6.07) is 13.9. The molecule has 7 heteroatoms. The molecule has 0 saturated heterocycles. The van der Waals surface area contributed by atoms with Crippen LogP contribution in [0.15, 0.2) is 48.5 Å². The number of ether oxygens (including phenoxy) is 2. The summed E-state index contributed by atoms with van der Waals surface area (Å²) in [7, 11) is 1.54. The third-order valence-electron chi connectivity index (χ3n) is 3.99. The number of hydrogen-bond donors (Lipinski definition) is 1. The fourth-order valence-electron chi connectivity index (χ4n) is 2.67. The Labute approximate surface area is 170 Å². The van der Waals surface area contributed by atoms with Gasteiger partial charge >= 0.3 is 0 Å². The van der Waals surface area contributed by atoms with Crippen LogP contribution < -0.4 is 14.8 Å². The molecule has 1 unspecified atom stereocenters. The highest BCUT2D eigenvalue weighted by molar-refractivity contribution is 6.30. The van der Waals surface area contributed by atoms with Crippen LogP contribution in [0.3, 0.4) is 0 Å². The summed E-state index contributed by atoms with van der Waals surface area (Å²) < 4.78 is 10.9. The zero-order valence-corrected chi connectivity index (χ0v) is 17.0. The third-order valence-corrected chi connectivity index (χ3v) is 4.25. The third kappa shape index (κ3) is 6.16. The van der Waals surface area contributed by atoms with Gasteiger partial charge in [-0.25, -0.2) is 0 Å². The molecule has 0 aliphatic carbocycles. The Hall–Kier alpha value is -2.73. The number of carbonyl (C=O) groups excluding carboxylic acids is 2. The lowest BCUT2D eigenvalue weighted by molar-refractivity contribution is -0.140. The molecule has 6 nitrogen and oxygen atoms in total. The lowest BCUT2D eigenvalue weighted by atomic mass is 10.2. The molecule has 2 rings (SSSR count). The van der Waals surface area contributed by atoms with Gasteiger partial charge in [-0.2, -0.15) is 0 Å². The summed E-state index contributed by atoms with van der Waals surface area (Å²) in [5.74, 6) is 0.542. The topological polar surface area (TPSA) is 67.9 Å². The van der Waals surface area contributed by atoms with Crippen LogP contribution in [-0.2, 0) is 9.59 Å². The van der Waals surface area contributed by atoms with E-state index < -0.39 is 6.10 Å². The fourth-order valence-corrected chi connectivity index (χ4v) is 2.80. The summed E-state index contributed by atoms with van der Waals surface area (Å²) in [5.41, 5.74) is 0.560. The Balaban J connectivity index is 2.01. The van der Waals surface area contributed by atoms with E-state index in [1.54, 1.807) is 49.4 Å². The van der Waals surface area contributed by atoms with Crippen molar-refractivity contribution in [3.63, 3.8) is 0 Å². The predicted molar refractivity (Wildman–Crippen MR) is 110 cm³/mol. The molecule has 0 heterocycles. The maximum absolute atomic E-state index is 12.8. The van der Waals surface area contributed by atoms with Crippen molar-refractivity contribution in [1.82, 2.24) is 4.90 Å². The average Bonchev–Trinajstić information content (AvgIpc) is 2.69. The van der Waals surface area contributed by atoms with Crippen LogP contribution in [0.5, 0.6) is 11.5 Å². The van der Waals surface area contributed by atoms with Gasteiger partial charge in [-0.15, -0.1) is 0 Å². The first-order valence-corrected chi connectivity index (χ1v) is 9.46. The van der Waals surface area contributed by atoms with Crippen LogP contribution in [-0.4, -0.2) is 43.0 Å². The first-order chi connectivity index (χ1) is 13.4. The van der Waals surface area contributed by atoms with Crippen molar-refractivity contribution in [3.05, 3.63) is 53.6 Å². The molecular weight excluding hydrogens is 380 g/mol. The Kier molecular flexibility index (Phi) is 8.14. The Morgan fingerprint density at radius 3 is 2.46 bits per heavy atom. The van der Waals surface area contributed by atoms with Gasteiger partial charge in [0.1, 0.15) is 11.5 Å². The zero-order valence-electron chi connectivity index (χ0n) is 16.3. The van der Waals surface area contributed by atoms with E-state index in [-0.39, 0.29) is 18.4 Å². The monoisotopic (exact) mass is 404 g/mol. The Bertz CT molecular complexity index is 795. The van der Waals surface area contributed by atoms with E-state index in [1.807, 2.05) is 13.0 Å². The lowest BCUT2D eigenvalue weighted by Crippen LogP contribution is -2.44. The van der Waals surface area contributed by atoms with Crippen molar-refractivity contribution in [1.29, 1.82) is 0 Å². The molecule has 2 aromatic carbocycles. The maximum atomic E-state index is 12.8. The standard InChI is InChI=1S/C21H25ClN2O4/c1-4-13-24(14-20(25)23-18-7-5-6-8-19(18)27-3)21(26)15(2)28-17-11-9-16(22)10-12-17/h5-12,15H,4,13-14H2,1-3H3,(H,23,25). The van der Waals surface area contributed by atoms with Crippen molar-refractivity contribution in [3.8, 4) is 11.5 Å². The SMILES string of the molecule is CCCN(CC(=O)Nc1ccccc1OC)C(=O)C(C)Oc1ccc(Cl)cc1. The number of nitrogens with zero attached hydrogens (tertiary/aromatic N) is 1. The van der Waals surface area contributed by atoms with Crippen LogP contribution in [0.1, 0.15) is 20.3 Å². The van der Waals surface area contributed by atoms with E-state index in [4.69, 9.17) is 21.1 Å². The number of methoxy groups -OCH3 is 1. The van der Waals surface area contributed by atoms with Crippen molar-refractivity contribution < 1.29 is 19.1 Å². The van der Waals surface area contributed by atoms with Gasteiger partial charge in [0.25, 0.3) is 5.91 Å². The van der Waals surface area contributed by atoms with Crippen LogP contribution in [0, 0.1) is 0 Å². The maximum Gasteiger partial charge on any atom is 0.263 e. The van der Waals surface area contributed by atoms with Gasteiger partial charge in [-0.1, -0.05) is 30.7 Å². The number of rotatable bonds is 9. The Morgan fingerprint density at radius 1 is 1.14 bits per heavy atom. The minimum Gasteiger partial charge on any atom is -0.495 e. The van der Waals surface area contributed by atoms with Gasteiger partial charge in [0.15, 0.2) is 6.10 Å². The highest BCUT2D eigenvalue weighted by atomic mass is 35.5. The van der Waals surface area contributed by atoms with E-state index in [0.717, 1.165) is 6.42 Å². The van der Waals surface area contributed by atoms with Crippen LogP contribution in [0.4, 0.5) is 5.69 Å². The zero-order chi connectivity index (χ0) is 20.5. The van der Waals surface area contributed by atoms with Gasteiger partial charge in [-0.05, 0) is 49.7 Å². The summed E-state index contributed by atoms with van der Waals surface area (Å²) in [4.78, 5) is 26.7. The molecule has 1 atom stereocenters. The number of nitrogens with one attached hydrogen (secondary N) is 1. The predicted octanol–water partition coefficient (Wildman–Crippen LogP) is 3.99. The van der Waals surface area contributed by atoms with Crippen LogP contribution in [0.25, 0.3) is 0 Å². The normalized spacial score (nSPS) is 11.4. The van der Waals surface area contributed by atoms with Crippen molar-refractivity contribution in [2.75, 3.05) is 25.5 Å². The summed E-state index contributed by atoms with van der Waals surface area (Å²) in [5, 5.41) is 3.38. The van der Waals surface area contributed by atoms with Crippen molar-refractivity contribution >= 4 is 29.1 Å². The van der Waals surface area contributed by atoms with E-state index in [9.17, 15) is 9.59 Å². The first kappa shape index (κ1) is 21.6. The molecule has 2 aromatic rings.